The molecular formula is C28H40O6. The van der Waals surface area contributed by atoms with Gasteiger partial charge in [-0.15, -0.1) is 0 Å². The van der Waals surface area contributed by atoms with E-state index in [1.54, 1.807) is 6.08 Å². The molecule has 4 aliphatic carbocycles. The molecule has 0 amide bonds. The smallest absolute Gasteiger partial charge is 0.188 e. The van der Waals surface area contributed by atoms with Crippen molar-refractivity contribution in [2.45, 2.75) is 104 Å². The quantitative estimate of drug-likeness (QED) is 0.583. The summed E-state index contributed by atoms with van der Waals surface area (Å²) in [6.07, 6.45) is 1.31. The van der Waals surface area contributed by atoms with Gasteiger partial charge in [0, 0.05) is 35.2 Å². The number of allylic oxidation sites excluding steroid dienone is 2. The number of carbonyl (C=O) groups excluding carboxylic acids is 2. The first-order valence-electron chi connectivity index (χ1n) is 13.0. The van der Waals surface area contributed by atoms with Gasteiger partial charge in [-0.05, 0) is 48.7 Å². The lowest BCUT2D eigenvalue weighted by atomic mass is 9.50. The topological polar surface area (TPSA) is 104 Å². The molecule has 10 unspecified atom stereocenters. The molecule has 1 saturated carbocycles. The van der Waals surface area contributed by atoms with E-state index >= 15 is 0 Å². The van der Waals surface area contributed by atoms with Crippen LogP contribution in [0.25, 0.3) is 0 Å². The van der Waals surface area contributed by atoms with Crippen molar-refractivity contribution in [3.05, 3.63) is 22.8 Å². The molecule has 0 bridgehead atoms. The fourth-order valence-electron chi connectivity index (χ4n) is 8.34. The summed E-state index contributed by atoms with van der Waals surface area (Å²) in [5.74, 6) is -0.253. The first-order chi connectivity index (χ1) is 15.8. The number of Topliss-reactive ketones (excluding diaryl/α,β-unsaturated/α-hetero) is 1. The SMILES string of the molecule is CC(C)C(C)C(O)C1OC2CC3(O)C4=C(C(=O)C(O)C3(C)C2C1C)C1(C)CCC(=O)C=C1CC4. The van der Waals surface area contributed by atoms with Crippen LogP contribution < -0.4 is 0 Å². The summed E-state index contributed by atoms with van der Waals surface area (Å²) in [5.41, 5.74) is -0.838. The maximum Gasteiger partial charge on any atom is 0.188 e. The highest BCUT2D eigenvalue weighted by Crippen LogP contribution is 2.68. The zero-order chi connectivity index (χ0) is 25.0. The lowest BCUT2D eigenvalue weighted by Gasteiger charge is -2.56. The number of hydrogen-bond donors (Lipinski definition) is 3. The van der Waals surface area contributed by atoms with Crippen molar-refractivity contribution in [3.63, 3.8) is 0 Å². The molecule has 3 N–H and O–H groups in total. The molecule has 0 aromatic carbocycles. The zero-order valence-electron chi connectivity index (χ0n) is 21.3. The van der Waals surface area contributed by atoms with E-state index in [1.807, 2.05) is 27.7 Å². The highest BCUT2D eigenvalue weighted by Gasteiger charge is 2.74. The molecule has 0 aromatic rings. The molecule has 0 aromatic heterocycles. The largest absolute Gasteiger partial charge is 0.390 e. The van der Waals surface area contributed by atoms with E-state index in [0.29, 0.717) is 43.6 Å². The Bertz CT molecular complexity index is 995. The van der Waals surface area contributed by atoms with Crippen molar-refractivity contribution in [2.24, 2.45) is 34.5 Å². The average Bonchev–Trinajstić information content (AvgIpc) is 3.22. The number of carbonyl (C=O) groups is 2. The summed E-state index contributed by atoms with van der Waals surface area (Å²) in [5, 5.41) is 35.1. The number of ether oxygens (including phenoxy) is 1. The molecule has 10 atom stereocenters. The van der Waals surface area contributed by atoms with Gasteiger partial charge < -0.3 is 20.1 Å². The van der Waals surface area contributed by atoms with Crippen LogP contribution in [-0.2, 0) is 14.3 Å². The van der Waals surface area contributed by atoms with Gasteiger partial charge in [0.05, 0.1) is 23.9 Å². The Hall–Kier alpha value is -1.34. The molecular weight excluding hydrogens is 432 g/mol. The highest BCUT2D eigenvalue weighted by molar-refractivity contribution is 6.05. The molecule has 1 saturated heterocycles. The third-order valence-corrected chi connectivity index (χ3v) is 10.8. The van der Waals surface area contributed by atoms with Crippen LogP contribution >= 0.6 is 0 Å². The van der Waals surface area contributed by atoms with Gasteiger partial charge in [-0.1, -0.05) is 47.1 Å². The molecule has 1 aliphatic heterocycles. The normalized spacial score (nSPS) is 47.7. The number of hydrogen-bond acceptors (Lipinski definition) is 6. The number of aliphatic hydroxyl groups is 3. The fourth-order valence-corrected chi connectivity index (χ4v) is 8.34. The maximum atomic E-state index is 13.9. The van der Waals surface area contributed by atoms with Crippen LogP contribution in [0.4, 0.5) is 0 Å². The fraction of sp³-hybridized carbons (Fsp3) is 0.786. The molecule has 34 heavy (non-hydrogen) atoms. The van der Waals surface area contributed by atoms with Gasteiger partial charge in [-0.3, -0.25) is 9.59 Å². The van der Waals surface area contributed by atoms with Crippen LogP contribution in [-0.4, -0.2) is 56.9 Å². The lowest BCUT2D eigenvalue weighted by Crippen LogP contribution is -2.63. The maximum absolute atomic E-state index is 13.9. The monoisotopic (exact) mass is 472 g/mol. The van der Waals surface area contributed by atoms with Crippen LogP contribution in [0.3, 0.4) is 0 Å². The number of fused-ring (bicyclic) bond motifs is 6. The molecule has 188 valence electrons. The summed E-state index contributed by atoms with van der Waals surface area (Å²) in [4.78, 5) is 26.0. The minimum atomic E-state index is -1.36. The van der Waals surface area contributed by atoms with Crippen molar-refractivity contribution >= 4 is 11.6 Å². The number of rotatable bonds is 3. The highest BCUT2D eigenvalue weighted by atomic mass is 16.5. The molecule has 5 aliphatic rings. The van der Waals surface area contributed by atoms with Gasteiger partial charge in [-0.25, -0.2) is 0 Å². The summed E-state index contributed by atoms with van der Waals surface area (Å²) < 4.78 is 6.45. The Kier molecular flexibility index (Phi) is 5.43. The van der Waals surface area contributed by atoms with E-state index in [9.17, 15) is 24.9 Å². The third kappa shape index (κ3) is 2.83. The first kappa shape index (κ1) is 24.4. The molecule has 0 radical (unpaired) electrons. The Morgan fingerprint density at radius 2 is 1.79 bits per heavy atom. The minimum Gasteiger partial charge on any atom is -0.390 e. The Morgan fingerprint density at radius 3 is 2.44 bits per heavy atom. The van der Waals surface area contributed by atoms with Crippen molar-refractivity contribution in [3.8, 4) is 0 Å². The minimum absolute atomic E-state index is 0.0442. The summed E-state index contributed by atoms with van der Waals surface area (Å²) in [7, 11) is 0. The van der Waals surface area contributed by atoms with Crippen molar-refractivity contribution in [1.82, 2.24) is 0 Å². The number of aliphatic hydroxyl groups excluding tert-OH is 2. The van der Waals surface area contributed by atoms with E-state index in [2.05, 4.69) is 13.8 Å². The van der Waals surface area contributed by atoms with E-state index in [0.717, 1.165) is 11.1 Å². The Labute approximate surface area is 202 Å². The molecule has 6 nitrogen and oxygen atoms in total. The molecule has 0 spiro atoms. The van der Waals surface area contributed by atoms with Gasteiger partial charge in [0.1, 0.15) is 6.10 Å². The van der Waals surface area contributed by atoms with Crippen LogP contribution in [0, 0.1) is 34.5 Å². The van der Waals surface area contributed by atoms with Crippen molar-refractivity contribution in [1.29, 1.82) is 0 Å². The van der Waals surface area contributed by atoms with Gasteiger partial charge in [0.15, 0.2) is 11.6 Å². The van der Waals surface area contributed by atoms with Crippen LogP contribution in [0.15, 0.2) is 22.8 Å². The predicted octanol–water partition coefficient (Wildman–Crippen LogP) is 3.13. The molecule has 1 heterocycles. The third-order valence-electron chi connectivity index (χ3n) is 10.8. The van der Waals surface area contributed by atoms with E-state index in [-0.39, 0.29) is 35.4 Å². The lowest BCUT2D eigenvalue weighted by molar-refractivity contribution is -0.161. The second-order valence-electron chi connectivity index (χ2n) is 12.6. The molecule has 6 heteroatoms. The van der Waals surface area contributed by atoms with E-state index in [1.165, 1.54) is 0 Å². The van der Waals surface area contributed by atoms with E-state index in [4.69, 9.17) is 4.74 Å². The van der Waals surface area contributed by atoms with Gasteiger partial charge >= 0.3 is 0 Å². The van der Waals surface area contributed by atoms with Crippen LogP contribution in [0.2, 0.25) is 0 Å². The zero-order valence-corrected chi connectivity index (χ0v) is 21.3. The van der Waals surface area contributed by atoms with Gasteiger partial charge in [0.2, 0.25) is 0 Å². The van der Waals surface area contributed by atoms with Crippen molar-refractivity contribution < 1.29 is 29.6 Å². The Balaban J connectivity index is 1.58. The first-order valence-corrected chi connectivity index (χ1v) is 13.0. The second kappa shape index (κ2) is 7.58. The summed E-state index contributed by atoms with van der Waals surface area (Å²) >= 11 is 0. The second-order valence-corrected chi connectivity index (χ2v) is 12.6. The van der Waals surface area contributed by atoms with Crippen LogP contribution in [0.1, 0.15) is 73.6 Å². The van der Waals surface area contributed by atoms with Crippen molar-refractivity contribution in [2.75, 3.05) is 0 Å². The predicted molar refractivity (Wildman–Crippen MR) is 127 cm³/mol. The molecule has 5 rings (SSSR count). The Morgan fingerprint density at radius 1 is 1.12 bits per heavy atom. The van der Waals surface area contributed by atoms with Gasteiger partial charge in [0.25, 0.3) is 0 Å². The molecule has 2 fully saturated rings. The summed E-state index contributed by atoms with van der Waals surface area (Å²) in [6, 6.07) is 0. The average molecular weight is 473 g/mol. The standard InChI is InChI=1S/C28H40O6/c1-13(2)14(3)22(30)24-15(4)20-19(34-24)12-28(33)18-8-7-16-11-17(29)9-10-26(16,5)21(18)23(31)25(32)27(20,28)6/h11,13-15,19-20,22,24-25,30,32-33H,7-10,12H2,1-6H3. The van der Waals surface area contributed by atoms with E-state index < -0.39 is 34.7 Å². The number of ketones is 2. The van der Waals surface area contributed by atoms with Crippen LogP contribution in [0.5, 0.6) is 0 Å². The van der Waals surface area contributed by atoms with Gasteiger partial charge in [-0.2, -0.15) is 0 Å². The summed E-state index contributed by atoms with van der Waals surface area (Å²) in [6.45, 7) is 12.1.